The average molecular weight is 532 g/mol. The highest BCUT2D eigenvalue weighted by atomic mass is 19.1. The first-order valence-electron chi connectivity index (χ1n) is 15.7. The molecule has 1 heterocycles. The van der Waals surface area contributed by atoms with Crippen LogP contribution in [0.15, 0.2) is 60.8 Å². The van der Waals surface area contributed by atoms with Gasteiger partial charge in [0.2, 0.25) is 0 Å². The lowest BCUT2D eigenvalue weighted by atomic mass is 10.0. The normalized spacial score (nSPS) is 11.2. The molecule has 3 aromatic rings. The number of rotatable bonds is 20. The smallest absolute Gasteiger partial charge is 0.165 e. The number of nitrogens with zero attached hydrogens (tertiary/aromatic N) is 1. The quantitative estimate of drug-likeness (QED) is 0.135. The zero-order valence-electron chi connectivity index (χ0n) is 24.5. The fraction of sp³-hybridized carbons (Fsp3) is 0.528. The van der Waals surface area contributed by atoms with E-state index in [1.165, 1.54) is 89.0 Å². The van der Waals surface area contributed by atoms with E-state index >= 15 is 0 Å². The van der Waals surface area contributed by atoms with Crippen molar-refractivity contribution in [3.63, 3.8) is 0 Å². The minimum Gasteiger partial charge on any atom is -0.491 e. The standard InChI is InChI=1S/C36H50FNO/c1-3-5-7-9-11-13-15-17-27-39-36-26-24-33(28-34(36)37)31-20-22-32(23-21-31)35-25-19-30(29-38-35)18-16-14-12-10-8-6-4-2/h19-26,28-29H,3-18,27H2,1-2H3. The molecule has 0 aliphatic rings. The van der Waals surface area contributed by atoms with Crippen LogP contribution in [0, 0.1) is 5.82 Å². The Hall–Kier alpha value is -2.68. The highest BCUT2D eigenvalue weighted by Gasteiger charge is 2.08. The number of aromatic nitrogens is 1. The van der Waals surface area contributed by atoms with Crippen LogP contribution in [0.2, 0.25) is 0 Å². The zero-order valence-corrected chi connectivity index (χ0v) is 24.5. The Balaban J connectivity index is 1.41. The van der Waals surface area contributed by atoms with Gasteiger partial charge in [-0.25, -0.2) is 4.39 Å². The molecule has 0 fully saturated rings. The number of hydrogen-bond acceptors (Lipinski definition) is 2. The largest absolute Gasteiger partial charge is 0.491 e. The highest BCUT2D eigenvalue weighted by Crippen LogP contribution is 2.28. The molecule has 1 aromatic heterocycles. The van der Waals surface area contributed by atoms with E-state index in [-0.39, 0.29) is 5.82 Å². The summed E-state index contributed by atoms with van der Waals surface area (Å²) in [7, 11) is 0. The Morgan fingerprint density at radius 3 is 1.74 bits per heavy atom. The molecule has 0 unspecified atom stereocenters. The molecule has 39 heavy (non-hydrogen) atoms. The lowest BCUT2D eigenvalue weighted by molar-refractivity contribution is 0.290. The van der Waals surface area contributed by atoms with Crippen molar-refractivity contribution in [1.29, 1.82) is 0 Å². The van der Waals surface area contributed by atoms with E-state index in [0.717, 1.165) is 41.6 Å². The average Bonchev–Trinajstić information content (AvgIpc) is 2.97. The van der Waals surface area contributed by atoms with Crippen LogP contribution >= 0.6 is 0 Å². The van der Waals surface area contributed by atoms with Gasteiger partial charge < -0.3 is 4.74 Å². The van der Waals surface area contributed by atoms with Crippen LogP contribution in [0.3, 0.4) is 0 Å². The van der Waals surface area contributed by atoms with Gasteiger partial charge in [0, 0.05) is 11.8 Å². The van der Waals surface area contributed by atoms with Crippen molar-refractivity contribution in [2.75, 3.05) is 6.61 Å². The molecule has 2 aromatic carbocycles. The third-order valence-corrected chi connectivity index (χ3v) is 7.60. The number of ether oxygens (including phenoxy) is 1. The van der Waals surface area contributed by atoms with Crippen molar-refractivity contribution in [3.8, 4) is 28.1 Å². The summed E-state index contributed by atoms with van der Waals surface area (Å²) in [5.74, 6) is 0.0495. The molecule has 0 saturated carbocycles. The molecule has 3 rings (SSSR count). The van der Waals surface area contributed by atoms with Crippen molar-refractivity contribution in [2.24, 2.45) is 0 Å². The van der Waals surface area contributed by atoms with E-state index in [1.54, 1.807) is 12.1 Å². The summed E-state index contributed by atoms with van der Waals surface area (Å²) in [6.07, 6.45) is 22.4. The van der Waals surface area contributed by atoms with Gasteiger partial charge in [-0.3, -0.25) is 4.98 Å². The molecular weight excluding hydrogens is 481 g/mol. The van der Waals surface area contributed by atoms with E-state index in [9.17, 15) is 4.39 Å². The lowest BCUT2D eigenvalue weighted by Crippen LogP contribution is -1.99. The van der Waals surface area contributed by atoms with Gasteiger partial charge in [0.1, 0.15) is 0 Å². The predicted molar refractivity (Wildman–Crippen MR) is 165 cm³/mol. The lowest BCUT2D eigenvalue weighted by Gasteiger charge is -2.10. The van der Waals surface area contributed by atoms with Crippen LogP contribution in [-0.2, 0) is 6.42 Å². The number of pyridine rings is 1. The first kappa shape index (κ1) is 30.9. The van der Waals surface area contributed by atoms with Crippen molar-refractivity contribution < 1.29 is 9.13 Å². The molecule has 0 bridgehead atoms. The van der Waals surface area contributed by atoms with Crippen LogP contribution in [0.4, 0.5) is 4.39 Å². The fourth-order valence-corrected chi connectivity index (χ4v) is 5.08. The second kappa shape index (κ2) is 18.6. The Morgan fingerprint density at radius 2 is 1.15 bits per heavy atom. The van der Waals surface area contributed by atoms with Gasteiger partial charge in [-0.15, -0.1) is 0 Å². The summed E-state index contributed by atoms with van der Waals surface area (Å²) in [6.45, 7) is 5.08. The maximum absolute atomic E-state index is 14.7. The molecule has 3 heteroatoms. The van der Waals surface area contributed by atoms with Gasteiger partial charge in [0.05, 0.1) is 12.3 Å². The second-order valence-electron chi connectivity index (χ2n) is 11.0. The first-order valence-corrected chi connectivity index (χ1v) is 15.7. The Bertz CT molecular complexity index is 1040. The van der Waals surface area contributed by atoms with Crippen LogP contribution in [0.1, 0.15) is 116 Å². The monoisotopic (exact) mass is 531 g/mol. The Kier molecular flexibility index (Phi) is 14.7. The van der Waals surface area contributed by atoms with Crippen LogP contribution < -0.4 is 4.74 Å². The third kappa shape index (κ3) is 11.5. The number of aryl methyl sites for hydroxylation is 1. The van der Waals surface area contributed by atoms with Gasteiger partial charge in [-0.05, 0) is 54.2 Å². The first-order chi connectivity index (χ1) is 19.2. The number of unbranched alkanes of at least 4 members (excludes halogenated alkanes) is 13. The summed E-state index contributed by atoms with van der Waals surface area (Å²) in [5, 5.41) is 0. The number of hydrogen-bond donors (Lipinski definition) is 0. The molecule has 212 valence electrons. The molecule has 0 saturated heterocycles. The van der Waals surface area contributed by atoms with Gasteiger partial charge >= 0.3 is 0 Å². The van der Waals surface area contributed by atoms with Crippen molar-refractivity contribution in [1.82, 2.24) is 4.98 Å². The van der Waals surface area contributed by atoms with Crippen LogP contribution in [-0.4, -0.2) is 11.6 Å². The minimum absolute atomic E-state index is 0.297. The second-order valence-corrected chi connectivity index (χ2v) is 11.0. The molecule has 0 spiro atoms. The van der Waals surface area contributed by atoms with Gasteiger partial charge in [0.25, 0.3) is 0 Å². The molecule has 0 aliphatic heterocycles. The summed E-state index contributed by atoms with van der Waals surface area (Å²) in [5.41, 5.74) is 5.20. The summed E-state index contributed by atoms with van der Waals surface area (Å²) in [6, 6.07) is 17.8. The maximum Gasteiger partial charge on any atom is 0.165 e. The molecule has 0 N–H and O–H groups in total. The molecular formula is C36H50FNO. The molecule has 0 atom stereocenters. The van der Waals surface area contributed by atoms with E-state index < -0.39 is 0 Å². The van der Waals surface area contributed by atoms with E-state index in [1.807, 2.05) is 24.4 Å². The van der Waals surface area contributed by atoms with Crippen LogP contribution in [0.5, 0.6) is 5.75 Å². The minimum atomic E-state index is -0.297. The summed E-state index contributed by atoms with van der Waals surface area (Å²) in [4.78, 5) is 4.70. The molecule has 2 nitrogen and oxygen atoms in total. The predicted octanol–water partition coefficient (Wildman–Crippen LogP) is 11.4. The molecule has 0 aliphatic carbocycles. The maximum atomic E-state index is 14.7. The molecule has 0 radical (unpaired) electrons. The van der Waals surface area contributed by atoms with Gasteiger partial charge in [-0.1, -0.05) is 134 Å². The highest BCUT2D eigenvalue weighted by molar-refractivity contribution is 5.69. The van der Waals surface area contributed by atoms with Crippen LogP contribution in [0.25, 0.3) is 22.4 Å². The topological polar surface area (TPSA) is 22.1 Å². The van der Waals surface area contributed by atoms with E-state index in [2.05, 4.69) is 38.1 Å². The van der Waals surface area contributed by atoms with Gasteiger partial charge in [0.15, 0.2) is 11.6 Å². The third-order valence-electron chi connectivity index (χ3n) is 7.60. The Morgan fingerprint density at radius 1 is 0.590 bits per heavy atom. The van der Waals surface area contributed by atoms with Crippen molar-refractivity contribution in [2.45, 2.75) is 117 Å². The number of benzene rings is 2. The van der Waals surface area contributed by atoms with E-state index in [0.29, 0.717) is 12.4 Å². The molecule has 0 amide bonds. The Labute approximate surface area is 237 Å². The van der Waals surface area contributed by atoms with E-state index in [4.69, 9.17) is 9.72 Å². The summed E-state index contributed by atoms with van der Waals surface area (Å²) < 4.78 is 20.4. The van der Waals surface area contributed by atoms with Gasteiger partial charge in [-0.2, -0.15) is 0 Å². The van der Waals surface area contributed by atoms with Crippen molar-refractivity contribution in [3.05, 3.63) is 72.2 Å². The zero-order chi connectivity index (χ0) is 27.5. The fourth-order valence-electron chi connectivity index (χ4n) is 5.08. The summed E-state index contributed by atoms with van der Waals surface area (Å²) >= 11 is 0. The van der Waals surface area contributed by atoms with Crippen molar-refractivity contribution >= 4 is 0 Å². The SMILES string of the molecule is CCCCCCCCCCOc1ccc(-c2ccc(-c3ccc(CCCCCCCCC)cn3)cc2)cc1F. The number of halogens is 1.